The molecule has 3 rings (SSSR count). The van der Waals surface area contributed by atoms with Crippen LogP contribution in [0.3, 0.4) is 0 Å². The second-order valence-corrected chi connectivity index (χ2v) is 6.32. The predicted octanol–water partition coefficient (Wildman–Crippen LogP) is 2.13. The number of nitrogens with zero attached hydrogens (tertiary/aromatic N) is 1. The molecule has 1 amide bonds. The van der Waals surface area contributed by atoms with Crippen LogP contribution in [0.5, 0.6) is 0 Å². The summed E-state index contributed by atoms with van der Waals surface area (Å²) in [5, 5.41) is 3.10. The van der Waals surface area contributed by atoms with Gasteiger partial charge in [-0.3, -0.25) is 9.78 Å². The van der Waals surface area contributed by atoms with Crippen molar-refractivity contribution in [3.63, 3.8) is 0 Å². The normalized spacial score (nSPS) is 21.4. The van der Waals surface area contributed by atoms with Gasteiger partial charge in [0, 0.05) is 12.2 Å². The molecule has 3 atom stereocenters. The first-order chi connectivity index (χ1) is 11.7. The van der Waals surface area contributed by atoms with E-state index in [0.717, 1.165) is 18.5 Å². The summed E-state index contributed by atoms with van der Waals surface area (Å²) in [7, 11) is 0. The molecule has 3 N–H and O–H groups in total. The number of nitrogens with one attached hydrogen (secondary N) is 3. The number of hydrogen-bond acceptors (Lipinski definition) is 4. The molecule has 1 saturated heterocycles. The zero-order valence-corrected chi connectivity index (χ0v) is 13.9. The summed E-state index contributed by atoms with van der Waals surface area (Å²) in [6.07, 6.45) is 4.37. The smallest absolute Gasteiger partial charge is 0.238 e. The highest BCUT2D eigenvalue weighted by Gasteiger charge is 2.31. The van der Waals surface area contributed by atoms with Crippen molar-refractivity contribution in [3.8, 4) is 0 Å². The van der Waals surface area contributed by atoms with Gasteiger partial charge in [0.1, 0.15) is 6.04 Å². The van der Waals surface area contributed by atoms with Gasteiger partial charge in [0.2, 0.25) is 5.91 Å². The minimum atomic E-state index is -0.226. The van der Waals surface area contributed by atoms with Crippen LogP contribution in [0.25, 0.3) is 0 Å². The maximum atomic E-state index is 12.4. The molecule has 0 bridgehead atoms. The summed E-state index contributed by atoms with van der Waals surface area (Å²) in [5.41, 5.74) is 8.50. The molecule has 1 aromatic heterocycles. The lowest BCUT2D eigenvalue weighted by atomic mass is 10.0. The topological polar surface area (TPSA) is 66.0 Å². The van der Waals surface area contributed by atoms with Crippen LogP contribution in [-0.4, -0.2) is 23.0 Å². The number of benzene rings is 1. The molecule has 0 radical (unpaired) electrons. The van der Waals surface area contributed by atoms with E-state index in [4.69, 9.17) is 0 Å². The van der Waals surface area contributed by atoms with Crippen molar-refractivity contribution in [1.29, 1.82) is 0 Å². The average molecular weight is 324 g/mol. The zero-order chi connectivity index (χ0) is 16.8. The minimum absolute atomic E-state index is 0.0430. The number of rotatable bonds is 6. The molecule has 2 aromatic rings. The zero-order valence-electron chi connectivity index (χ0n) is 13.9. The van der Waals surface area contributed by atoms with Crippen molar-refractivity contribution in [1.82, 2.24) is 21.2 Å². The number of carbonyl (C=O) groups excluding carboxylic acids is 1. The third kappa shape index (κ3) is 4.40. The fourth-order valence-electron chi connectivity index (χ4n) is 2.95. The second-order valence-electron chi connectivity index (χ2n) is 6.32. The second kappa shape index (κ2) is 8.04. The first kappa shape index (κ1) is 16.6. The van der Waals surface area contributed by atoms with Crippen molar-refractivity contribution in [3.05, 3.63) is 66.0 Å². The van der Waals surface area contributed by atoms with Crippen molar-refractivity contribution < 1.29 is 4.79 Å². The van der Waals surface area contributed by atoms with Crippen molar-refractivity contribution in [2.75, 3.05) is 0 Å². The number of carbonyl (C=O) groups is 1. The highest BCUT2D eigenvalue weighted by molar-refractivity contribution is 5.82. The molecule has 3 unspecified atom stereocenters. The highest BCUT2D eigenvalue weighted by Crippen LogP contribution is 2.20. The van der Waals surface area contributed by atoms with Crippen LogP contribution >= 0.6 is 0 Å². The SMILES string of the molecule is CC(CCc1ccccc1)NC(=O)C1CC(c2ccccn2)NN1. The molecule has 5 heteroatoms. The van der Waals surface area contributed by atoms with E-state index in [9.17, 15) is 4.79 Å². The minimum Gasteiger partial charge on any atom is -0.352 e. The fourth-order valence-corrected chi connectivity index (χ4v) is 2.95. The van der Waals surface area contributed by atoms with Crippen LogP contribution in [0.4, 0.5) is 0 Å². The van der Waals surface area contributed by atoms with Crippen LogP contribution in [0, 0.1) is 0 Å². The lowest BCUT2D eigenvalue weighted by Crippen LogP contribution is -2.46. The lowest BCUT2D eigenvalue weighted by molar-refractivity contribution is -0.123. The highest BCUT2D eigenvalue weighted by atomic mass is 16.2. The largest absolute Gasteiger partial charge is 0.352 e. The molecule has 126 valence electrons. The van der Waals surface area contributed by atoms with Gasteiger partial charge in [-0.15, -0.1) is 0 Å². The van der Waals surface area contributed by atoms with Gasteiger partial charge in [-0.05, 0) is 43.9 Å². The van der Waals surface area contributed by atoms with Crippen LogP contribution < -0.4 is 16.2 Å². The van der Waals surface area contributed by atoms with Crippen molar-refractivity contribution in [2.45, 2.75) is 44.3 Å². The van der Waals surface area contributed by atoms with Gasteiger partial charge in [0.05, 0.1) is 11.7 Å². The van der Waals surface area contributed by atoms with Crippen molar-refractivity contribution >= 4 is 5.91 Å². The number of pyridine rings is 1. The maximum absolute atomic E-state index is 12.4. The molecule has 2 heterocycles. The van der Waals surface area contributed by atoms with Gasteiger partial charge in [-0.1, -0.05) is 36.4 Å². The van der Waals surface area contributed by atoms with Crippen LogP contribution in [0.1, 0.15) is 37.1 Å². The Bertz CT molecular complexity index is 647. The molecule has 1 aliphatic heterocycles. The number of amides is 1. The summed E-state index contributed by atoms with van der Waals surface area (Å²) in [4.78, 5) is 16.8. The van der Waals surface area contributed by atoms with Gasteiger partial charge in [-0.2, -0.15) is 0 Å². The van der Waals surface area contributed by atoms with Crippen LogP contribution in [-0.2, 0) is 11.2 Å². The Hall–Kier alpha value is -2.24. The Labute approximate surface area is 142 Å². The van der Waals surface area contributed by atoms with Gasteiger partial charge in [0.25, 0.3) is 0 Å². The maximum Gasteiger partial charge on any atom is 0.238 e. The van der Waals surface area contributed by atoms with E-state index < -0.39 is 0 Å². The van der Waals surface area contributed by atoms with Gasteiger partial charge < -0.3 is 5.32 Å². The van der Waals surface area contributed by atoms with E-state index in [1.807, 2.05) is 36.4 Å². The van der Waals surface area contributed by atoms with Crippen LogP contribution in [0.15, 0.2) is 54.7 Å². The van der Waals surface area contributed by atoms with Gasteiger partial charge >= 0.3 is 0 Å². The third-order valence-corrected chi connectivity index (χ3v) is 4.36. The number of hydrogen-bond donors (Lipinski definition) is 3. The molecular formula is C19H24N4O. The number of aryl methyl sites for hydroxylation is 1. The monoisotopic (exact) mass is 324 g/mol. The third-order valence-electron chi connectivity index (χ3n) is 4.36. The Kier molecular flexibility index (Phi) is 5.56. The molecule has 1 aromatic carbocycles. The Morgan fingerprint density at radius 1 is 1.21 bits per heavy atom. The molecule has 1 fully saturated rings. The first-order valence-corrected chi connectivity index (χ1v) is 8.48. The standard InChI is InChI=1S/C19H24N4O/c1-14(10-11-15-7-3-2-4-8-15)21-19(24)18-13-17(22-23-18)16-9-5-6-12-20-16/h2-9,12,14,17-18,22-23H,10-11,13H2,1H3,(H,21,24). The Morgan fingerprint density at radius 3 is 2.75 bits per heavy atom. The predicted molar refractivity (Wildman–Crippen MR) is 94.0 cm³/mol. The van der Waals surface area contributed by atoms with Gasteiger partial charge in [-0.25, -0.2) is 10.9 Å². The Balaban J connectivity index is 1.45. The number of hydrazine groups is 1. The number of aromatic nitrogens is 1. The Morgan fingerprint density at radius 2 is 2.00 bits per heavy atom. The van der Waals surface area contributed by atoms with E-state index in [-0.39, 0.29) is 24.0 Å². The first-order valence-electron chi connectivity index (χ1n) is 8.48. The molecule has 0 aliphatic carbocycles. The quantitative estimate of drug-likeness (QED) is 0.761. The van der Waals surface area contributed by atoms with E-state index >= 15 is 0 Å². The van der Waals surface area contributed by atoms with Crippen LogP contribution in [0.2, 0.25) is 0 Å². The molecule has 5 nitrogen and oxygen atoms in total. The summed E-state index contributed by atoms with van der Waals surface area (Å²) < 4.78 is 0. The molecular weight excluding hydrogens is 300 g/mol. The lowest BCUT2D eigenvalue weighted by Gasteiger charge is -2.17. The van der Waals surface area contributed by atoms with Crippen molar-refractivity contribution in [2.24, 2.45) is 0 Å². The van der Waals surface area contributed by atoms with E-state index in [0.29, 0.717) is 6.42 Å². The summed E-state index contributed by atoms with van der Waals surface area (Å²) in [6.45, 7) is 2.06. The molecule has 0 spiro atoms. The van der Waals surface area contributed by atoms with E-state index in [1.165, 1.54) is 5.56 Å². The summed E-state index contributed by atoms with van der Waals surface area (Å²) in [6, 6.07) is 16.2. The molecule has 1 aliphatic rings. The van der Waals surface area contributed by atoms with E-state index in [2.05, 4.69) is 40.2 Å². The molecule has 0 saturated carbocycles. The molecule has 24 heavy (non-hydrogen) atoms. The fraction of sp³-hybridized carbons (Fsp3) is 0.368. The average Bonchev–Trinajstić information content (AvgIpc) is 3.12. The van der Waals surface area contributed by atoms with E-state index in [1.54, 1.807) is 6.20 Å². The summed E-state index contributed by atoms with van der Waals surface area (Å²) in [5.74, 6) is 0.0430. The van der Waals surface area contributed by atoms with Gasteiger partial charge in [0.15, 0.2) is 0 Å². The summed E-state index contributed by atoms with van der Waals surface area (Å²) >= 11 is 0.